The van der Waals surface area contributed by atoms with Crippen molar-refractivity contribution < 1.29 is 13.2 Å². The molecule has 0 fully saturated rings. The van der Waals surface area contributed by atoms with Crippen molar-refractivity contribution in [3.8, 4) is 0 Å². The molecule has 1 aliphatic rings. The smallest absolute Gasteiger partial charge is 0.268 e. The zero-order chi connectivity index (χ0) is 15.9. The monoisotopic (exact) mass is 339 g/mol. The van der Waals surface area contributed by atoms with E-state index in [0.29, 0.717) is 17.5 Å². The Kier molecular flexibility index (Phi) is 3.70. The van der Waals surface area contributed by atoms with Crippen molar-refractivity contribution in [3.63, 3.8) is 0 Å². The first kappa shape index (κ1) is 15.1. The van der Waals surface area contributed by atoms with E-state index < -0.39 is 15.9 Å². The predicted molar refractivity (Wildman–Crippen MR) is 81.4 cm³/mol. The van der Waals surface area contributed by atoms with Gasteiger partial charge >= 0.3 is 0 Å². The number of benzene rings is 1. The number of carbonyl (C=O) groups excluding carboxylic acids is 1. The lowest BCUT2D eigenvalue weighted by atomic mass is 10.2. The number of carbonyl (C=O) groups is 1. The molecule has 0 unspecified atom stereocenters. The molecule has 22 heavy (non-hydrogen) atoms. The molecule has 1 aliphatic heterocycles. The van der Waals surface area contributed by atoms with Gasteiger partial charge < -0.3 is 0 Å². The van der Waals surface area contributed by atoms with Gasteiger partial charge in [0.15, 0.2) is 0 Å². The van der Waals surface area contributed by atoms with E-state index in [2.05, 4.69) is 9.82 Å². The molecular formula is C14H14ClN3O3S. The van der Waals surface area contributed by atoms with Gasteiger partial charge in [0.25, 0.3) is 15.9 Å². The summed E-state index contributed by atoms with van der Waals surface area (Å²) in [6.45, 7) is 2.45. The first-order chi connectivity index (χ1) is 10.4. The zero-order valence-corrected chi connectivity index (χ0v) is 13.4. The van der Waals surface area contributed by atoms with Crippen LogP contribution in [0, 0.1) is 6.92 Å². The molecule has 0 saturated carbocycles. The maximum Gasteiger partial charge on any atom is 0.268 e. The molecule has 2 heterocycles. The molecule has 2 aromatic rings. The zero-order valence-electron chi connectivity index (χ0n) is 11.8. The summed E-state index contributed by atoms with van der Waals surface area (Å²) in [5, 5.41) is 4.20. The molecule has 0 radical (unpaired) electrons. The molecular weight excluding hydrogens is 326 g/mol. The number of hydrogen-bond donors (Lipinski definition) is 1. The molecule has 8 heteroatoms. The Labute approximate surface area is 133 Å². The van der Waals surface area contributed by atoms with E-state index in [1.54, 1.807) is 23.7 Å². The highest BCUT2D eigenvalue weighted by Crippen LogP contribution is 2.25. The van der Waals surface area contributed by atoms with E-state index in [1.165, 1.54) is 12.3 Å². The molecule has 0 atom stereocenters. The van der Waals surface area contributed by atoms with E-state index >= 15 is 0 Å². The molecule has 116 valence electrons. The third kappa shape index (κ3) is 2.50. The van der Waals surface area contributed by atoms with E-state index in [9.17, 15) is 13.2 Å². The predicted octanol–water partition coefficient (Wildman–Crippen LogP) is 1.91. The Morgan fingerprint density at radius 2 is 2.18 bits per heavy atom. The normalized spacial score (nSPS) is 13.9. The Bertz CT molecular complexity index is 858. The van der Waals surface area contributed by atoms with Gasteiger partial charge in [0.1, 0.15) is 4.90 Å². The third-order valence-corrected chi connectivity index (χ3v) is 5.64. The second-order valence-corrected chi connectivity index (χ2v) is 7.18. The minimum atomic E-state index is -4.02. The van der Waals surface area contributed by atoms with E-state index in [-0.39, 0.29) is 9.92 Å². The largest absolute Gasteiger partial charge is 0.269 e. The number of halogens is 1. The molecule has 1 amide bonds. The maximum absolute atomic E-state index is 12.4. The van der Waals surface area contributed by atoms with Crippen molar-refractivity contribution in [1.82, 2.24) is 14.5 Å². The summed E-state index contributed by atoms with van der Waals surface area (Å²) < 4.78 is 28.5. The van der Waals surface area contributed by atoms with Crippen LogP contribution in [0.2, 0.25) is 5.02 Å². The Morgan fingerprint density at radius 1 is 1.41 bits per heavy atom. The molecule has 0 saturated heterocycles. The van der Waals surface area contributed by atoms with Gasteiger partial charge in [0.2, 0.25) is 0 Å². The number of hydrogen-bond acceptors (Lipinski definition) is 4. The summed E-state index contributed by atoms with van der Waals surface area (Å²) in [6.07, 6.45) is 3.02. The number of nitrogens with one attached hydrogen (secondary N) is 1. The average Bonchev–Trinajstić information content (AvgIpc) is 3.03. The number of nitrogens with zero attached hydrogens (tertiary/aromatic N) is 2. The van der Waals surface area contributed by atoms with Crippen molar-refractivity contribution in [2.24, 2.45) is 0 Å². The van der Waals surface area contributed by atoms with Crippen LogP contribution in [0.4, 0.5) is 0 Å². The van der Waals surface area contributed by atoms with Crippen LogP contribution in [-0.4, -0.2) is 24.1 Å². The minimum absolute atomic E-state index is 0.105. The van der Waals surface area contributed by atoms with Crippen LogP contribution >= 0.6 is 11.6 Å². The van der Waals surface area contributed by atoms with Gasteiger partial charge in [-0.25, -0.2) is 13.1 Å². The average molecular weight is 340 g/mol. The summed E-state index contributed by atoms with van der Waals surface area (Å²) in [5.41, 5.74) is 1.69. The standard InChI is InChI=1S/C14H14ClN3O3S/c1-9-4-2-6-12(13(9)15)22(20,21)17-14(19)10-8-16-18-7-3-5-11(10)18/h2,4,6,8H,3,5,7H2,1H3,(H,17,19). The lowest BCUT2D eigenvalue weighted by Crippen LogP contribution is -2.31. The van der Waals surface area contributed by atoms with Crippen LogP contribution < -0.4 is 4.72 Å². The topological polar surface area (TPSA) is 81.1 Å². The van der Waals surface area contributed by atoms with Crippen LogP contribution in [0.3, 0.4) is 0 Å². The molecule has 1 N–H and O–H groups in total. The molecule has 0 aliphatic carbocycles. The van der Waals surface area contributed by atoms with Gasteiger partial charge in [-0.2, -0.15) is 5.10 Å². The number of sulfonamides is 1. The summed E-state index contributed by atoms with van der Waals surface area (Å²) in [6, 6.07) is 4.65. The fourth-order valence-electron chi connectivity index (χ4n) is 2.51. The maximum atomic E-state index is 12.4. The fourth-order valence-corrected chi connectivity index (χ4v) is 4.06. The van der Waals surface area contributed by atoms with E-state index in [1.807, 2.05) is 0 Å². The van der Waals surface area contributed by atoms with Crippen LogP contribution in [0.15, 0.2) is 29.3 Å². The van der Waals surface area contributed by atoms with Crippen LogP contribution in [0.5, 0.6) is 0 Å². The summed E-state index contributed by atoms with van der Waals surface area (Å²) in [5.74, 6) is -0.680. The molecule has 1 aromatic carbocycles. The van der Waals surface area contributed by atoms with Gasteiger partial charge in [-0.05, 0) is 31.4 Å². The highest BCUT2D eigenvalue weighted by Gasteiger charge is 2.26. The number of fused-ring (bicyclic) bond motifs is 1. The highest BCUT2D eigenvalue weighted by molar-refractivity contribution is 7.90. The van der Waals surface area contributed by atoms with Crippen molar-refractivity contribution in [2.45, 2.75) is 31.2 Å². The van der Waals surface area contributed by atoms with E-state index in [4.69, 9.17) is 11.6 Å². The lowest BCUT2D eigenvalue weighted by molar-refractivity contribution is 0.0980. The summed E-state index contributed by atoms with van der Waals surface area (Å²) in [7, 11) is -4.02. The first-order valence-electron chi connectivity index (χ1n) is 6.77. The Morgan fingerprint density at radius 3 is 2.95 bits per heavy atom. The van der Waals surface area contributed by atoms with Gasteiger partial charge in [0, 0.05) is 6.54 Å². The van der Waals surface area contributed by atoms with Gasteiger partial charge in [-0.3, -0.25) is 9.48 Å². The molecule has 3 rings (SSSR count). The number of aryl methyl sites for hydroxylation is 2. The molecule has 0 spiro atoms. The van der Waals surface area contributed by atoms with Crippen LogP contribution in [0.25, 0.3) is 0 Å². The highest BCUT2D eigenvalue weighted by atomic mass is 35.5. The lowest BCUT2D eigenvalue weighted by Gasteiger charge is -2.09. The van der Waals surface area contributed by atoms with Gasteiger partial charge in [-0.1, -0.05) is 23.7 Å². The van der Waals surface area contributed by atoms with Crippen molar-refractivity contribution in [2.75, 3.05) is 0 Å². The van der Waals surface area contributed by atoms with Crippen LogP contribution in [-0.2, 0) is 23.0 Å². The van der Waals surface area contributed by atoms with Gasteiger partial charge in [-0.15, -0.1) is 0 Å². The molecule has 0 bridgehead atoms. The van der Waals surface area contributed by atoms with Gasteiger partial charge in [0.05, 0.1) is 22.5 Å². The second kappa shape index (κ2) is 5.40. The first-order valence-corrected chi connectivity index (χ1v) is 8.63. The van der Waals surface area contributed by atoms with Crippen molar-refractivity contribution >= 4 is 27.5 Å². The van der Waals surface area contributed by atoms with Crippen LogP contribution in [0.1, 0.15) is 28.0 Å². The minimum Gasteiger partial charge on any atom is -0.269 e. The van der Waals surface area contributed by atoms with E-state index in [0.717, 1.165) is 18.7 Å². The Hall–Kier alpha value is -1.86. The summed E-state index contributed by atoms with van der Waals surface area (Å²) >= 11 is 6.03. The summed E-state index contributed by atoms with van der Waals surface area (Å²) in [4.78, 5) is 12.2. The Balaban J connectivity index is 1.91. The molecule has 1 aromatic heterocycles. The van der Waals surface area contributed by atoms with Crippen molar-refractivity contribution in [3.05, 3.63) is 46.2 Å². The molecule has 6 nitrogen and oxygen atoms in total. The number of aromatic nitrogens is 2. The number of amides is 1. The second-order valence-electron chi connectivity index (χ2n) is 5.15. The fraction of sp³-hybridized carbons (Fsp3) is 0.286. The SMILES string of the molecule is Cc1cccc(S(=O)(=O)NC(=O)c2cnn3c2CCC3)c1Cl. The van der Waals surface area contributed by atoms with Crippen molar-refractivity contribution in [1.29, 1.82) is 0 Å². The quantitative estimate of drug-likeness (QED) is 0.926. The number of rotatable bonds is 3. The third-order valence-electron chi connectivity index (χ3n) is 3.65.